The van der Waals surface area contributed by atoms with Crippen molar-refractivity contribution in [2.24, 2.45) is 4.99 Å². The number of esters is 1. The molecule has 0 N–H and O–H groups in total. The minimum Gasteiger partial charge on any atom is -0.462 e. The number of benzene rings is 1. The second kappa shape index (κ2) is 9.02. The summed E-state index contributed by atoms with van der Waals surface area (Å²) in [5.74, 6) is -0.229. The van der Waals surface area contributed by atoms with Gasteiger partial charge in [-0.25, -0.2) is 9.79 Å². The second-order valence-electron chi connectivity index (χ2n) is 7.50. The van der Waals surface area contributed by atoms with Gasteiger partial charge in [0.2, 0.25) is 0 Å². The molecule has 0 heterocycles. The molecular formula is C19H32N2O2Si-. The zero-order chi connectivity index (χ0) is 18.3. The smallest absolute Gasteiger partial charge is 0.338 e. The number of nitrogens with zero attached hydrogens (tertiary/aromatic N) is 2. The SMILES string of the molecule is CCN(C)C=Nc1ccc(C(=O)OCCC[Si-](C)(C)C)c(C)c1C. The highest BCUT2D eigenvalue weighted by atomic mass is 28.3. The molecule has 0 amide bonds. The van der Waals surface area contributed by atoms with Gasteiger partial charge >= 0.3 is 5.97 Å². The zero-order valence-corrected chi connectivity index (χ0v) is 17.3. The highest BCUT2D eigenvalue weighted by Gasteiger charge is 2.14. The maximum Gasteiger partial charge on any atom is 0.338 e. The fraction of sp³-hybridized carbons (Fsp3) is 0.579. The Kier molecular flexibility index (Phi) is 7.67. The summed E-state index contributed by atoms with van der Waals surface area (Å²) in [6.45, 7) is 14.4. The number of carbonyl (C=O) groups is 1. The van der Waals surface area contributed by atoms with Crippen molar-refractivity contribution >= 4 is 26.1 Å². The van der Waals surface area contributed by atoms with Crippen LogP contribution in [0.25, 0.3) is 0 Å². The fourth-order valence-corrected chi connectivity index (χ4v) is 3.46. The van der Waals surface area contributed by atoms with Crippen molar-refractivity contribution < 1.29 is 9.53 Å². The molecule has 0 aliphatic rings. The quantitative estimate of drug-likeness (QED) is 0.223. The normalized spacial score (nSPS) is 11.8. The molecule has 0 aliphatic heterocycles. The lowest BCUT2D eigenvalue weighted by atomic mass is 10.0. The summed E-state index contributed by atoms with van der Waals surface area (Å²) in [4.78, 5) is 18.8. The van der Waals surface area contributed by atoms with Gasteiger partial charge in [-0.15, -0.1) is 0 Å². The molecule has 0 bridgehead atoms. The van der Waals surface area contributed by atoms with E-state index in [0.717, 1.165) is 29.8 Å². The first-order valence-electron chi connectivity index (χ1n) is 8.67. The molecule has 4 nitrogen and oxygen atoms in total. The van der Waals surface area contributed by atoms with Crippen molar-refractivity contribution in [3.05, 3.63) is 28.8 Å². The van der Waals surface area contributed by atoms with E-state index in [1.54, 1.807) is 0 Å². The van der Waals surface area contributed by atoms with Gasteiger partial charge in [-0.1, -0.05) is 0 Å². The van der Waals surface area contributed by atoms with E-state index in [1.165, 1.54) is 6.04 Å². The van der Waals surface area contributed by atoms with Gasteiger partial charge in [0.15, 0.2) is 0 Å². The highest BCUT2D eigenvalue weighted by Crippen LogP contribution is 2.25. The van der Waals surface area contributed by atoms with Crippen LogP contribution in [0.4, 0.5) is 5.69 Å². The van der Waals surface area contributed by atoms with E-state index in [0.29, 0.717) is 12.2 Å². The average molecular weight is 349 g/mol. The van der Waals surface area contributed by atoms with Gasteiger partial charge in [0.25, 0.3) is 0 Å². The number of carbonyl (C=O) groups excluding carboxylic acids is 1. The van der Waals surface area contributed by atoms with Gasteiger partial charge in [-0.3, -0.25) is 0 Å². The van der Waals surface area contributed by atoms with Crippen LogP contribution in [0, 0.1) is 13.8 Å². The van der Waals surface area contributed by atoms with Crippen LogP contribution < -0.4 is 0 Å². The van der Waals surface area contributed by atoms with Crippen molar-refractivity contribution in [1.29, 1.82) is 0 Å². The maximum atomic E-state index is 12.3. The van der Waals surface area contributed by atoms with E-state index in [1.807, 2.05) is 44.3 Å². The van der Waals surface area contributed by atoms with Crippen LogP contribution in [0.1, 0.15) is 34.8 Å². The van der Waals surface area contributed by atoms with E-state index in [-0.39, 0.29) is 5.97 Å². The Balaban J connectivity index is 2.74. The third kappa shape index (κ3) is 6.47. The van der Waals surface area contributed by atoms with Crippen LogP contribution in [0.2, 0.25) is 25.7 Å². The molecule has 0 radical (unpaired) electrons. The average Bonchev–Trinajstić information content (AvgIpc) is 2.51. The Bertz CT molecular complexity index is 592. The van der Waals surface area contributed by atoms with Crippen LogP contribution in [-0.2, 0) is 4.74 Å². The lowest BCUT2D eigenvalue weighted by molar-refractivity contribution is 0.0504. The minimum atomic E-state index is -1.07. The Morgan fingerprint density at radius 2 is 1.92 bits per heavy atom. The largest absolute Gasteiger partial charge is 0.462 e. The molecule has 0 aromatic heterocycles. The Morgan fingerprint density at radius 3 is 2.50 bits per heavy atom. The second-order valence-corrected chi connectivity index (χ2v) is 13.1. The van der Waals surface area contributed by atoms with Gasteiger partial charge in [-0.2, -0.15) is 33.8 Å². The van der Waals surface area contributed by atoms with Gasteiger partial charge in [0.05, 0.1) is 24.2 Å². The monoisotopic (exact) mass is 348 g/mol. The summed E-state index contributed by atoms with van der Waals surface area (Å²) in [5.41, 5.74) is 3.50. The first-order chi connectivity index (χ1) is 11.2. The predicted molar refractivity (Wildman–Crippen MR) is 105 cm³/mol. The number of rotatable bonds is 8. The van der Waals surface area contributed by atoms with Crippen LogP contribution in [0.5, 0.6) is 0 Å². The van der Waals surface area contributed by atoms with Gasteiger partial charge in [-0.05, 0) is 50.5 Å². The highest BCUT2D eigenvalue weighted by molar-refractivity contribution is 6.76. The molecule has 1 aromatic carbocycles. The van der Waals surface area contributed by atoms with Gasteiger partial charge in [0, 0.05) is 13.6 Å². The molecular weight excluding hydrogens is 316 g/mol. The summed E-state index contributed by atoms with van der Waals surface area (Å²) in [6.07, 6.45) is 2.77. The van der Waals surface area contributed by atoms with E-state index in [2.05, 4.69) is 31.6 Å². The van der Waals surface area contributed by atoms with Crippen molar-refractivity contribution in [3.63, 3.8) is 0 Å². The van der Waals surface area contributed by atoms with E-state index in [9.17, 15) is 4.79 Å². The van der Waals surface area contributed by atoms with Crippen molar-refractivity contribution in [2.45, 2.75) is 52.9 Å². The topological polar surface area (TPSA) is 41.9 Å². The Hall–Kier alpha value is -1.62. The first-order valence-corrected chi connectivity index (χ1v) is 12.4. The molecule has 135 valence electrons. The molecule has 1 aromatic rings. The van der Waals surface area contributed by atoms with Crippen LogP contribution in [0.15, 0.2) is 17.1 Å². The Morgan fingerprint density at radius 1 is 1.25 bits per heavy atom. The van der Waals surface area contributed by atoms with E-state index < -0.39 is 8.07 Å². The number of ether oxygens (including phenoxy) is 1. The lowest BCUT2D eigenvalue weighted by Gasteiger charge is -2.26. The minimum absolute atomic E-state index is 0.229. The van der Waals surface area contributed by atoms with Gasteiger partial charge < -0.3 is 9.64 Å². The first kappa shape index (κ1) is 20.4. The van der Waals surface area contributed by atoms with Crippen LogP contribution in [-0.4, -0.2) is 45.5 Å². The maximum absolute atomic E-state index is 12.3. The molecule has 1 rings (SSSR count). The van der Waals surface area contributed by atoms with Crippen molar-refractivity contribution in [1.82, 2.24) is 4.90 Å². The molecule has 0 atom stereocenters. The molecule has 5 heteroatoms. The fourth-order valence-electron chi connectivity index (χ4n) is 2.25. The number of aliphatic imine (C=N–C) groups is 1. The van der Waals surface area contributed by atoms with Crippen LogP contribution in [0.3, 0.4) is 0 Å². The van der Waals surface area contributed by atoms with E-state index >= 15 is 0 Å². The zero-order valence-electron chi connectivity index (χ0n) is 16.3. The third-order valence-corrected chi connectivity index (χ3v) is 6.03. The van der Waals surface area contributed by atoms with E-state index in [4.69, 9.17) is 4.74 Å². The lowest BCUT2D eigenvalue weighted by Crippen LogP contribution is -2.20. The van der Waals surface area contributed by atoms with Crippen molar-refractivity contribution in [2.75, 3.05) is 20.2 Å². The van der Waals surface area contributed by atoms with Crippen molar-refractivity contribution in [3.8, 4) is 0 Å². The standard InChI is InChI=1S/C19H32N2O2Si/c1-8-21(4)14-20-18-11-10-17(15(2)16(18)3)19(22)23-12-9-13-24(5,6)7/h10-11,14H,8-9,12-13H2,1-7H3/q-1. The number of hydrogen-bond donors (Lipinski definition) is 0. The Labute approximate surface area is 147 Å². The molecule has 24 heavy (non-hydrogen) atoms. The molecule has 0 unspecified atom stereocenters. The predicted octanol–water partition coefficient (Wildman–Crippen LogP) is 4.80. The summed E-state index contributed by atoms with van der Waals surface area (Å²) in [7, 11) is 0.915. The summed E-state index contributed by atoms with van der Waals surface area (Å²) < 4.78 is 5.45. The summed E-state index contributed by atoms with van der Waals surface area (Å²) in [6, 6.07) is 4.89. The number of hydrogen-bond acceptors (Lipinski definition) is 3. The molecule has 0 aliphatic carbocycles. The van der Waals surface area contributed by atoms with Crippen LogP contribution >= 0.6 is 0 Å². The van der Waals surface area contributed by atoms with Gasteiger partial charge in [0.1, 0.15) is 0 Å². The third-order valence-electron chi connectivity index (χ3n) is 4.18. The summed E-state index contributed by atoms with van der Waals surface area (Å²) in [5, 5.41) is 0. The molecule has 0 spiro atoms. The molecule has 0 saturated heterocycles. The summed E-state index contributed by atoms with van der Waals surface area (Å²) >= 11 is 0. The molecule has 0 fully saturated rings. The molecule has 0 saturated carbocycles.